The monoisotopic (exact) mass is 458 g/mol. The summed E-state index contributed by atoms with van der Waals surface area (Å²) in [7, 11) is -3.91. The van der Waals surface area contributed by atoms with Crippen molar-refractivity contribution in [2.75, 3.05) is 11.3 Å². The van der Waals surface area contributed by atoms with E-state index in [-0.39, 0.29) is 15.5 Å². The first-order valence-corrected chi connectivity index (χ1v) is 11.5. The molecule has 162 valence electrons. The number of rotatable bonds is 8. The highest BCUT2D eigenvalue weighted by atomic mass is 35.5. The molecule has 0 saturated heterocycles. The third kappa shape index (κ3) is 5.99. The summed E-state index contributed by atoms with van der Waals surface area (Å²) in [6.07, 6.45) is 0. The SMILES string of the molecule is CCOc1ccc(NS(=O)(=O)c2ccc(Cl)c(C(=O)NCc3ccc(C)cc3)c2)cc1. The summed E-state index contributed by atoms with van der Waals surface area (Å²) in [6, 6.07) is 18.3. The summed E-state index contributed by atoms with van der Waals surface area (Å²) < 4.78 is 33.4. The van der Waals surface area contributed by atoms with Crippen molar-refractivity contribution >= 4 is 33.2 Å². The molecule has 6 nitrogen and oxygen atoms in total. The Balaban J connectivity index is 1.75. The first-order chi connectivity index (χ1) is 14.8. The first-order valence-electron chi connectivity index (χ1n) is 9.67. The molecule has 0 radical (unpaired) electrons. The third-order valence-electron chi connectivity index (χ3n) is 4.48. The van der Waals surface area contributed by atoms with Gasteiger partial charge in [0.05, 0.1) is 22.1 Å². The van der Waals surface area contributed by atoms with Crippen LogP contribution >= 0.6 is 11.6 Å². The number of nitrogens with one attached hydrogen (secondary N) is 2. The maximum absolute atomic E-state index is 12.8. The van der Waals surface area contributed by atoms with Crippen LogP contribution in [0.25, 0.3) is 0 Å². The fourth-order valence-corrected chi connectivity index (χ4v) is 4.12. The highest BCUT2D eigenvalue weighted by molar-refractivity contribution is 7.92. The zero-order valence-electron chi connectivity index (χ0n) is 17.2. The van der Waals surface area contributed by atoms with Crippen molar-refractivity contribution in [1.29, 1.82) is 0 Å². The number of ether oxygens (including phenoxy) is 1. The fourth-order valence-electron chi connectivity index (χ4n) is 2.83. The summed E-state index contributed by atoms with van der Waals surface area (Å²) in [5.41, 5.74) is 2.51. The number of hydrogen-bond acceptors (Lipinski definition) is 4. The van der Waals surface area contributed by atoms with Gasteiger partial charge in [-0.1, -0.05) is 41.4 Å². The molecule has 1 amide bonds. The molecule has 3 aromatic carbocycles. The van der Waals surface area contributed by atoms with Crippen LogP contribution in [-0.4, -0.2) is 20.9 Å². The van der Waals surface area contributed by atoms with Crippen molar-refractivity contribution < 1.29 is 17.9 Å². The molecule has 3 aromatic rings. The topological polar surface area (TPSA) is 84.5 Å². The summed E-state index contributed by atoms with van der Waals surface area (Å²) in [5.74, 6) is 0.188. The van der Waals surface area contributed by atoms with E-state index in [9.17, 15) is 13.2 Å². The predicted octanol–water partition coefficient (Wildman–Crippen LogP) is 4.78. The molecule has 0 atom stereocenters. The van der Waals surface area contributed by atoms with Gasteiger partial charge in [0, 0.05) is 12.2 Å². The largest absolute Gasteiger partial charge is 0.494 e. The predicted molar refractivity (Wildman–Crippen MR) is 122 cm³/mol. The molecule has 0 heterocycles. The Morgan fingerprint density at radius 3 is 2.32 bits per heavy atom. The molecule has 0 bridgehead atoms. The van der Waals surface area contributed by atoms with Crippen LogP contribution in [0.5, 0.6) is 5.75 Å². The Labute approximate surface area is 187 Å². The Morgan fingerprint density at radius 1 is 1.00 bits per heavy atom. The molecule has 0 saturated carbocycles. The maximum Gasteiger partial charge on any atom is 0.261 e. The Kier molecular flexibility index (Phi) is 7.20. The molecule has 0 unspecified atom stereocenters. The average Bonchev–Trinajstić information content (AvgIpc) is 2.74. The van der Waals surface area contributed by atoms with Crippen molar-refractivity contribution in [3.8, 4) is 5.75 Å². The lowest BCUT2D eigenvalue weighted by atomic mass is 10.1. The van der Waals surface area contributed by atoms with Crippen LogP contribution in [0, 0.1) is 6.92 Å². The summed E-state index contributed by atoms with van der Waals surface area (Å²) in [6.45, 7) is 4.67. The third-order valence-corrected chi connectivity index (χ3v) is 6.19. The van der Waals surface area contributed by atoms with Gasteiger partial charge in [0.15, 0.2) is 0 Å². The number of sulfonamides is 1. The maximum atomic E-state index is 12.8. The van der Waals surface area contributed by atoms with Crippen LogP contribution in [0.3, 0.4) is 0 Å². The van der Waals surface area contributed by atoms with Crippen LogP contribution in [0.15, 0.2) is 71.6 Å². The summed E-state index contributed by atoms with van der Waals surface area (Å²) in [5, 5.41) is 2.94. The number of amides is 1. The van der Waals surface area contributed by atoms with Crippen molar-refractivity contribution in [1.82, 2.24) is 5.32 Å². The number of carbonyl (C=O) groups is 1. The van der Waals surface area contributed by atoms with E-state index in [0.717, 1.165) is 11.1 Å². The Morgan fingerprint density at radius 2 is 1.68 bits per heavy atom. The number of halogens is 1. The smallest absolute Gasteiger partial charge is 0.261 e. The van der Waals surface area contributed by atoms with E-state index in [1.54, 1.807) is 24.3 Å². The van der Waals surface area contributed by atoms with Crippen molar-refractivity contribution in [2.24, 2.45) is 0 Å². The van der Waals surface area contributed by atoms with E-state index >= 15 is 0 Å². The van der Waals surface area contributed by atoms with Gasteiger partial charge >= 0.3 is 0 Å². The average molecular weight is 459 g/mol. The normalized spacial score (nSPS) is 11.1. The van der Waals surface area contributed by atoms with E-state index < -0.39 is 15.9 Å². The number of aryl methyl sites for hydroxylation is 1. The van der Waals surface area contributed by atoms with E-state index in [0.29, 0.717) is 24.6 Å². The van der Waals surface area contributed by atoms with Crippen LogP contribution in [-0.2, 0) is 16.6 Å². The molecule has 3 rings (SSSR count). The molecule has 0 spiro atoms. The van der Waals surface area contributed by atoms with E-state index in [1.807, 2.05) is 38.1 Å². The molecule has 8 heteroatoms. The second-order valence-electron chi connectivity index (χ2n) is 6.87. The van der Waals surface area contributed by atoms with Gasteiger partial charge in [0.1, 0.15) is 5.75 Å². The minimum Gasteiger partial charge on any atom is -0.494 e. The zero-order valence-corrected chi connectivity index (χ0v) is 18.8. The van der Waals surface area contributed by atoms with Crippen molar-refractivity contribution in [2.45, 2.75) is 25.3 Å². The standard InChI is InChI=1S/C23H23ClN2O4S/c1-3-30-19-10-8-18(9-11-19)26-31(28,29)20-12-13-22(24)21(14-20)23(27)25-15-17-6-4-16(2)5-7-17/h4-14,26H,3,15H2,1-2H3,(H,25,27). The highest BCUT2D eigenvalue weighted by Crippen LogP contribution is 2.24. The van der Waals surface area contributed by atoms with Crippen LogP contribution in [0.2, 0.25) is 5.02 Å². The van der Waals surface area contributed by atoms with Gasteiger partial charge in [0.25, 0.3) is 15.9 Å². The highest BCUT2D eigenvalue weighted by Gasteiger charge is 2.19. The summed E-state index contributed by atoms with van der Waals surface area (Å²) in [4.78, 5) is 12.6. The molecule has 0 aliphatic rings. The number of hydrogen-bond donors (Lipinski definition) is 2. The van der Waals surface area contributed by atoms with Crippen molar-refractivity contribution in [3.63, 3.8) is 0 Å². The van der Waals surface area contributed by atoms with Gasteiger partial charge in [0.2, 0.25) is 0 Å². The lowest BCUT2D eigenvalue weighted by Crippen LogP contribution is -2.23. The molecule has 0 aromatic heterocycles. The fraction of sp³-hybridized carbons (Fsp3) is 0.174. The van der Waals surface area contributed by atoms with E-state index in [1.165, 1.54) is 18.2 Å². The summed E-state index contributed by atoms with van der Waals surface area (Å²) >= 11 is 6.16. The molecule has 2 N–H and O–H groups in total. The minimum absolute atomic E-state index is 0.0636. The minimum atomic E-state index is -3.91. The van der Waals surface area contributed by atoms with E-state index in [2.05, 4.69) is 10.0 Å². The van der Waals surface area contributed by atoms with Gasteiger partial charge in [-0.3, -0.25) is 9.52 Å². The molecule has 0 fully saturated rings. The second kappa shape index (κ2) is 9.85. The lowest BCUT2D eigenvalue weighted by molar-refractivity contribution is 0.0951. The molecule has 0 aliphatic carbocycles. The molecular formula is C23H23ClN2O4S. The van der Waals surface area contributed by atoms with Crippen molar-refractivity contribution in [3.05, 3.63) is 88.4 Å². The van der Waals surface area contributed by atoms with Gasteiger partial charge in [-0.2, -0.15) is 0 Å². The second-order valence-corrected chi connectivity index (χ2v) is 8.96. The van der Waals surface area contributed by atoms with Crippen LogP contribution in [0.4, 0.5) is 5.69 Å². The quantitative estimate of drug-likeness (QED) is 0.508. The van der Waals surface area contributed by atoms with E-state index in [4.69, 9.17) is 16.3 Å². The van der Waals surface area contributed by atoms with Gasteiger partial charge in [-0.25, -0.2) is 8.42 Å². The molecular weight excluding hydrogens is 436 g/mol. The number of carbonyl (C=O) groups excluding carboxylic acids is 1. The molecule has 31 heavy (non-hydrogen) atoms. The Hall–Kier alpha value is -3.03. The van der Waals surface area contributed by atoms with Gasteiger partial charge in [-0.05, 0) is 61.9 Å². The van der Waals surface area contributed by atoms with Gasteiger partial charge in [-0.15, -0.1) is 0 Å². The Bertz CT molecular complexity index is 1160. The zero-order chi connectivity index (χ0) is 22.4. The number of anilines is 1. The first kappa shape index (κ1) is 22.7. The van der Waals surface area contributed by atoms with Crippen LogP contribution in [0.1, 0.15) is 28.4 Å². The number of benzene rings is 3. The molecule has 0 aliphatic heterocycles. The van der Waals surface area contributed by atoms with Crippen LogP contribution < -0.4 is 14.8 Å². The van der Waals surface area contributed by atoms with Gasteiger partial charge < -0.3 is 10.1 Å². The lowest BCUT2D eigenvalue weighted by Gasteiger charge is -2.12.